The van der Waals surface area contributed by atoms with Crippen molar-refractivity contribution in [2.24, 2.45) is 0 Å². The van der Waals surface area contributed by atoms with E-state index in [-0.39, 0.29) is 11.1 Å². The molecule has 5 rings (SSSR count). The van der Waals surface area contributed by atoms with Gasteiger partial charge in [-0.3, -0.25) is 9.21 Å². The summed E-state index contributed by atoms with van der Waals surface area (Å²) in [6.45, 7) is 4.53. The predicted molar refractivity (Wildman–Crippen MR) is 136 cm³/mol. The highest BCUT2D eigenvalue weighted by Crippen LogP contribution is 2.29. The number of halogens is 3. The van der Waals surface area contributed by atoms with Gasteiger partial charge in [-0.1, -0.05) is 29.8 Å². The van der Waals surface area contributed by atoms with E-state index in [2.05, 4.69) is 27.0 Å². The Bertz CT molecular complexity index is 1200. The zero-order valence-corrected chi connectivity index (χ0v) is 21.5. The van der Waals surface area contributed by atoms with E-state index in [1.54, 1.807) is 18.2 Å². The molecule has 0 amide bonds. The minimum Gasteiger partial charge on any atom is -0.415 e. The van der Waals surface area contributed by atoms with E-state index in [1.165, 1.54) is 0 Å². The second-order valence-electron chi connectivity index (χ2n) is 9.35. The molecule has 7 nitrogen and oxygen atoms in total. The molecular weight excluding hydrogens is 508 g/mol. The van der Waals surface area contributed by atoms with Gasteiger partial charge >= 0.3 is 6.43 Å². The van der Waals surface area contributed by atoms with Gasteiger partial charge in [0.1, 0.15) is 11.0 Å². The third-order valence-corrected chi connectivity index (χ3v) is 8.84. The molecule has 0 spiro atoms. The quantitative estimate of drug-likeness (QED) is 0.414. The second-order valence-corrected chi connectivity index (χ2v) is 11.4. The smallest absolute Gasteiger partial charge is 0.314 e. The van der Waals surface area contributed by atoms with Crippen LogP contribution in [0, 0.1) is 0 Å². The van der Waals surface area contributed by atoms with Gasteiger partial charge in [0.2, 0.25) is 5.89 Å². The molecule has 0 bridgehead atoms. The summed E-state index contributed by atoms with van der Waals surface area (Å²) in [7, 11) is 0.882. The molecule has 11 heteroatoms. The van der Waals surface area contributed by atoms with Crippen molar-refractivity contribution >= 4 is 28.3 Å². The number of anilines is 1. The molecule has 2 aromatic carbocycles. The molecular formula is C25H28ClF2N5O2S. The fourth-order valence-electron chi connectivity index (χ4n) is 4.77. The lowest BCUT2D eigenvalue weighted by Gasteiger charge is -2.46. The van der Waals surface area contributed by atoms with Crippen LogP contribution in [-0.2, 0) is 17.5 Å². The molecule has 192 valence electrons. The van der Waals surface area contributed by atoms with Gasteiger partial charge in [0.25, 0.3) is 5.89 Å². The number of likely N-dealkylation sites (tertiary alicyclic amines) is 2. The molecule has 1 unspecified atom stereocenters. The first kappa shape index (κ1) is 25.3. The molecule has 2 aliphatic heterocycles. The van der Waals surface area contributed by atoms with Crippen molar-refractivity contribution in [3.8, 4) is 11.5 Å². The Hall–Kier alpha value is -2.40. The summed E-state index contributed by atoms with van der Waals surface area (Å²) in [5, 5.41) is 7.72. The molecule has 0 N–H and O–H groups in total. The summed E-state index contributed by atoms with van der Waals surface area (Å²) < 4.78 is 46.3. The van der Waals surface area contributed by atoms with Crippen molar-refractivity contribution in [1.82, 2.24) is 20.0 Å². The maximum absolute atomic E-state index is 13.8. The summed E-state index contributed by atoms with van der Waals surface area (Å²) in [6, 6.07) is 15.2. The van der Waals surface area contributed by atoms with Crippen molar-refractivity contribution in [2.75, 3.05) is 37.5 Å². The Morgan fingerprint density at radius 2 is 1.86 bits per heavy atom. The van der Waals surface area contributed by atoms with Crippen LogP contribution < -0.4 is 4.31 Å². The maximum atomic E-state index is 13.8. The van der Waals surface area contributed by atoms with Crippen LogP contribution in [0.15, 0.2) is 52.9 Å². The largest absolute Gasteiger partial charge is 0.415 e. The Labute approximate surface area is 216 Å². The molecule has 1 aromatic heterocycles. The van der Waals surface area contributed by atoms with Crippen molar-refractivity contribution < 1.29 is 17.4 Å². The third kappa shape index (κ3) is 5.61. The Morgan fingerprint density at radius 3 is 2.47 bits per heavy atom. The minimum atomic E-state index is -2.81. The summed E-state index contributed by atoms with van der Waals surface area (Å²) in [5.74, 6) is -0.663. The summed E-state index contributed by atoms with van der Waals surface area (Å²) in [6.07, 6.45) is -1.05. The highest BCUT2D eigenvalue weighted by Gasteiger charge is 2.34. The Kier molecular flexibility index (Phi) is 7.66. The van der Waals surface area contributed by atoms with Gasteiger partial charge in [-0.15, -0.1) is 10.2 Å². The first-order chi connectivity index (χ1) is 17.4. The number of piperidine rings is 1. The van der Waals surface area contributed by atoms with Gasteiger partial charge in [-0.25, -0.2) is 4.21 Å². The first-order valence-corrected chi connectivity index (χ1v) is 13.5. The molecule has 3 aromatic rings. The van der Waals surface area contributed by atoms with Crippen molar-refractivity contribution in [3.05, 3.63) is 65.0 Å². The maximum Gasteiger partial charge on any atom is 0.314 e. The Balaban J connectivity index is 1.30. The van der Waals surface area contributed by atoms with Crippen molar-refractivity contribution in [1.29, 1.82) is 0 Å². The van der Waals surface area contributed by atoms with E-state index in [1.807, 2.05) is 34.6 Å². The van der Waals surface area contributed by atoms with Gasteiger partial charge in [0.05, 0.1) is 17.5 Å². The number of hydrogen-bond donors (Lipinski definition) is 0. The fraction of sp³-hybridized carbons (Fsp3) is 0.440. The Morgan fingerprint density at radius 1 is 1.14 bits per heavy atom. The molecule has 2 aliphatic rings. The summed E-state index contributed by atoms with van der Waals surface area (Å²) in [4.78, 5) is 4.84. The molecule has 0 aliphatic carbocycles. The zero-order valence-electron chi connectivity index (χ0n) is 19.9. The third-order valence-electron chi connectivity index (χ3n) is 6.79. The van der Waals surface area contributed by atoms with Gasteiger partial charge < -0.3 is 9.32 Å². The van der Waals surface area contributed by atoms with E-state index in [0.29, 0.717) is 23.2 Å². The average molecular weight is 536 g/mol. The van der Waals surface area contributed by atoms with Crippen LogP contribution >= 0.6 is 11.6 Å². The molecule has 3 heterocycles. The van der Waals surface area contributed by atoms with Gasteiger partial charge in [-0.05, 0) is 68.9 Å². The minimum absolute atomic E-state index is 0.0385. The van der Waals surface area contributed by atoms with E-state index in [9.17, 15) is 13.0 Å². The van der Waals surface area contributed by atoms with Crippen LogP contribution in [0.5, 0.6) is 0 Å². The van der Waals surface area contributed by atoms with Gasteiger partial charge in [-0.2, -0.15) is 8.78 Å². The van der Waals surface area contributed by atoms with E-state index in [4.69, 9.17) is 16.0 Å². The molecule has 1 atom stereocenters. The second kappa shape index (κ2) is 10.9. The molecule has 0 saturated carbocycles. The topological polar surface area (TPSA) is 65.7 Å². The number of aromatic nitrogens is 2. The van der Waals surface area contributed by atoms with E-state index >= 15 is 0 Å². The number of likely N-dealkylation sites (N-methyl/N-ethyl adjacent to an activating group) is 1. The standard InChI is InChI=1S/C25H28ClF2N5O2S/c1-31-15-21(16-31)32-11-9-22(10-12-32)36(34)33(20-4-2-3-19(26)13-20)14-17-5-7-18(8-6-17)24-29-30-25(35-24)23(27)28/h2-8,13,21-23H,9-12,14-16H2,1H3. The molecule has 0 radical (unpaired) electrons. The molecule has 2 saturated heterocycles. The van der Waals surface area contributed by atoms with Gasteiger partial charge in [0, 0.05) is 29.7 Å². The van der Waals surface area contributed by atoms with Crippen LogP contribution in [0.1, 0.15) is 30.7 Å². The lowest BCUT2D eigenvalue weighted by molar-refractivity contribution is 0.0410. The molecule has 2 fully saturated rings. The number of benzene rings is 2. The number of alkyl halides is 2. The monoisotopic (exact) mass is 535 g/mol. The summed E-state index contributed by atoms with van der Waals surface area (Å²) in [5.41, 5.74) is 2.25. The first-order valence-electron chi connectivity index (χ1n) is 11.9. The predicted octanol–water partition coefficient (Wildman–Crippen LogP) is 4.78. The zero-order chi connectivity index (χ0) is 25.2. The van der Waals surface area contributed by atoms with Crippen molar-refractivity contribution in [2.45, 2.75) is 37.1 Å². The summed E-state index contributed by atoms with van der Waals surface area (Å²) >= 11 is 6.27. The average Bonchev–Trinajstić information content (AvgIpc) is 3.36. The highest BCUT2D eigenvalue weighted by molar-refractivity contribution is 7.87. The number of rotatable bonds is 8. The lowest BCUT2D eigenvalue weighted by Crippen LogP contribution is -2.59. The normalized spacial score (nSPS) is 18.9. The highest BCUT2D eigenvalue weighted by atomic mass is 35.5. The number of nitrogens with zero attached hydrogens (tertiary/aromatic N) is 5. The van der Waals surface area contributed by atoms with E-state index in [0.717, 1.165) is 50.3 Å². The van der Waals surface area contributed by atoms with Crippen LogP contribution in [0.2, 0.25) is 5.02 Å². The fourth-order valence-corrected chi connectivity index (χ4v) is 6.52. The van der Waals surface area contributed by atoms with Crippen LogP contribution in [-0.4, -0.2) is 68.7 Å². The van der Waals surface area contributed by atoms with Crippen LogP contribution in [0.25, 0.3) is 11.5 Å². The number of hydrogen-bond acceptors (Lipinski definition) is 6. The van der Waals surface area contributed by atoms with Crippen LogP contribution in [0.3, 0.4) is 0 Å². The SMILES string of the molecule is CN1CC(N2CCC(S(=O)N(Cc3ccc(-c4nnc(C(F)F)o4)cc3)c3cccc(Cl)c3)CC2)C1. The van der Waals surface area contributed by atoms with E-state index < -0.39 is 23.3 Å². The molecule has 36 heavy (non-hydrogen) atoms. The lowest BCUT2D eigenvalue weighted by atomic mass is 10.0. The van der Waals surface area contributed by atoms with Crippen LogP contribution in [0.4, 0.5) is 14.5 Å². The van der Waals surface area contributed by atoms with Gasteiger partial charge in [0.15, 0.2) is 0 Å². The van der Waals surface area contributed by atoms with Crippen molar-refractivity contribution in [3.63, 3.8) is 0 Å².